The number of benzene rings is 3. The van der Waals surface area contributed by atoms with Crippen LogP contribution in [0.25, 0.3) is 0 Å². The smallest absolute Gasteiger partial charge is 0.262 e. The summed E-state index contributed by atoms with van der Waals surface area (Å²) in [6, 6.07) is 19.7. The zero-order valence-electron chi connectivity index (χ0n) is 26.6. The molecule has 2 heterocycles. The van der Waals surface area contributed by atoms with Crippen LogP contribution in [0.4, 0.5) is 23.0 Å². The number of carbonyl (C=O) groups excluding carboxylic acids is 1. The van der Waals surface area contributed by atoms with Crippen molar-refractivity contribution in [2.45, 2.75) is 33.6 Å². The van der Waals surface area contributed by atoms with Gasteiger partial charge in [0.25, 0.3) is 5.91 Å². The Labute approximate surface area is 265 Å². The molecule has 2 N–H and O–H groups in total. The molecule has 0 spiro atoms. The van der Waals surface area contributed by atoms with Crippen LogP contribution in [0.1, 0.15) is 40.4 Å². The van der Waals surface area contributed by atoms with E-state index in [1.54, 1.807) is 13.2 Å². The zero-order valence-corrected chi connectivity index (χ0v) is 26.6. The Balaban J connectivity index is 1.39. The SMILES string of the molecule is C=CCc1ccc(Oc2nc(Nc3ccc(N4CCN(CCC)CC4)cc3)ncc2C(=O)Nc2c(C)cccc2C)c(OC)c1. The molecular weight excluding hydrogens is 564 g/mol. The van der Waals surface area contributed by atoms with Crippen LogP contribution >= 0.6 is 0 Å². The molecule has 1 aliphatic rings. The molecule has 0 unspecified atom stereocenters. The first kappa shape index (κ1) is 31.5. The maximum atomic E-state index is 13.6. The summed E-state index contributed by atoms with van der Waals surface area (Å²) in [6.07, 6.45) is 5.18. The van der Waals surface area contributed by atoms with Crippen LogP contribution < -0.4 is 25.0 Å². The van der Waals surface area contributed by atoms with Crippen LogP contribution in [0.2, 0.25) is 0 Å². The van der Waals surface area contributed by atoms with Crippen molar-refractivity contribution in [1.29, 1.82) is 0 Å². The van der Waals surface area contributed by atoms with E-state index in [4.69, 9.17) is 9.47 Å². The summed E-state index contributed by atoms with van der Waals surface area (Å²) in [6.45, 7) is 15.3. The van der Waals surface area contributed by atoms with Gasteiger partial charge >= 0.3 is 0 Å². The molecule has 1 aromatic heterocycles. The van der Waals surface area contributed by atoms with Crippen molar-refractivity contribution in [3.05, 3.63) is 102 Å². The van der Waals surface area contributed by atoms with Gasteiger partial charge in [0, 0.05) is 49.4 Å². The van der Waals surface area contributed by atoms with Crippen LogP contribution in [0.15, 0.2) is 79.5 Å². The first-order valence-electron chi connectivity index (χ1n) is 15.4. The van der Waals surface area contributed by atoms with Gasteiger partial charge in [-0.15, -0.1) is 6.58 Å². The van der Waals surface area contributed by atoms with Crippen molar-refractivity contribution in [1.82, 2.24) is 14.9 Å². The highest BCUT2D eigenvalue weighted by molar-refractivity contribution is 6.06. The lowest BCUT2D eigenvalue weighted by molar-refractivity contribution is 0.102. The molecular formula is C36H42N6O3. The number of allylic oxidation sites excluding steroid dienone is 1. The molecule has 0 saturated carbocycles. The van der Waals surface area contributed by atoms with E-state index >= 15 is 0 Å². The Bertz CT molecular complexity index is 1610. The summed E-state index contributed by atoms with van der Waals surface area (Å²) in [5.74, 6) is 0.984. The lowest BCUT2D eigenvalue weighted by Gasteiger charge is -2.36. The predicted molar refractivity (Wildman–Crippen MR) is 182 cm³/mol. The molecule has 9 nitrogen and oxygen atoms in total. The second-order valence-electron chi connectivity index (χ2n) is 11.2. The summed E-state index contributed by atoms with van der Waals surface area (Å²) in [5, 5.41) is 6.29. The van der Waals surface area contributed by atoms with Crippen molar-refractivity contribution in [3.63, 3.8) is 0 Å². The third kappa shape index (κ3) is 7.80. The minimum absolute atomic E-state index is 0.104. The van der Waals surface area contributed by atoms with Gasteiger partial charge in [-0.3, -0.25) is 9.69 Å². The molecule has 1 amide bonds. The fraction of sp³-hybridized carbons (Fsp3) is 0.306. The number of nitrogens with zero attached hydrogens (tertiary/aromatic N) is 4. The van der Waals surface area contributed by atoms with Gasteiger partial charge in [0.1, 0.15) is 5.56 Å². The van der Waals surface area contributed by atoms with Gasteiger partial charge in [0.2, 0.25) is 11.8 Å². The highest BCUT2D eigenvalue weighted by Gasteiger charge is 2.21. The van der Waals surface area contributed by atoms with Gasteiger partial charge in [-0.2, -0.15) is 4.98 Å². The Morgan fingerprint density at radius 3 is 2.40 bits per heavy atom. The van der Waals surface area contributed by atoms with E-state index in [1.165, 1.54) is 18.3 Å². The minimum atomic E-state index is -0.375. The zero-order chi connectivity index (χ0) is 31.8. The van der Waals surface area contributed by atoms with E-state index < -0.39 is 0 Å². The van der Waals surface area contributed by atoms with Crippen LogP contribution in [0, 0.1) is 13.8 Å². The number of aromatic nitrogens is 2. The maximum Gasteiger partial charge on any atom is 0.262 e. The van der Waals surface area contributed by atoms with Crippen LogP contribution in [-0.2, 0) is 6.42 Å². The maximum absolute atomic E-state index is 13.6. The Kier molecular flexibility index (Phi) is 10.3. The van der Waals surface area contributed by atoms with Crippen LogP contribution in [-0.4, -0.2) is 60.6 Å². The van der Waals surface area contributed by atoms with E-state index in [1.807, 2.05) is 62.4 Å². The van der Waals surface area contributed by atoms with Crippen LogP contribution in [0.5, 0.6) is 17.4 Å². The number of rotatable bonds is 12. The second-order valence-corrected chi connectivity index (χ2v) is 11.2. The highest BCUT2D eigenvalue weighted by atomic mass is 16.5. The number of ether oxygens (including phenoxy) is 2. The highest BCUT2D eigenvalue weighted by Crippen LogP contribution is 2.34. The number of piperazine rings is 1. The Hall–Kier alpha value is -4.89. The predicted octanol–water partition coefficient (Wildman–Crippen LogP) is 7.15. The summed E-state index contributed by atoms with van der Waals surface area (Å²) in [4.78, 5) is 27.7. The van der Waals surface area contributed by atoms with Gasteiger partial charge in [-0.05, 0) is 86.3 Å². The number of carbonyl (C=O) groups is 1. The lowest BCUT2D eigenvalue weighted by Crippen LogP contribution is -2.46. The van der Waals surface area contributed by atoms with Gasteiger partial charge in [0.15, 0.2) is 11.5 Å². The van der Waals surface area contributed by atoms with Crippen molar-refractivity contribution in [2.24, 2.45) is 0 Å². The molecule has 234 valence electrons. The van der Waals surface area contributed by atoms with Crippen LogP contribution in [0.3, 0.4) is 0 Å². The third-order valence-electron chi connectivity index (χ3n) is 7.93. The number of methoxy groups -OCH3 is 1. The average molecular weight is 607 g/mol. The third-order valence-corrected chi connectivity index (χ3v) is 7.93. The molecule has 1 aliphatic heterocycles. The quantitative estimate of drug-likeness (QED) is 0.164. The minimum Gasteiger partial charge on any atom is -0.493 e. The average Bonchev–Trinajstić information content (AvgIpc) is 3.05. The van der Waals surface area contributed by atoms with E-state index in [0.717, 1.165) is 60.8 Å². The van der Waals surface area contributed by atoms with E-state index in [2.05, 4.69) is 56.0 Å². The monoisotopic (exact) mass is 606 g/mol. The first-order valence-corrected chi connectivity index (χ1v) is 15.4. The van der Waals surface area contributed by atoms with Gasteiger partial charge < -0.3 is 25.0 Å². The lowest BCUT2D eigenvalue weighted by atomic mass is 10.1. The van der Waals surface area contributed by atoms with Crippen molar-refractivity contribution in [3.8, 4) is 17.4 Å². The number of aryl methyl sites for hydroxylation is 2. The molecule has 4 aromatic rings. The second kappa shape index (κ2) is 14.7. The molecule has 45 heavy (non-hydrogen) atoms. The number of anilines is 4. The molecule has 0 radical (unpaired) electrons. The van der Waals surface area contributed by atoms with Crippen molar-refractivity contribution in [2.75, 3.05) is 55.4 Å². The summed E-state index contributed by atoms with van der Waals surface area (Å²) >= 11 is 0. The summed E-state index contributed by atoms with van der Waals surface area (Å²) in [5.41, 5.74) is 5.89. The molecule has 0 aliphatic carbocycles. The van der Waals surface area contributed by atoms with Gasteiger partial charge in [-0.1, -0.05) is 37.3 Å². The molecule has 5 rings (SSSR count). The number of hydrogen-bond acceptors (Lipinski definition) is 8. The molecule has 1 fully saturated rings. The Morgan fingerprint density at radius 2 is 1.73 bits per heavy atom. The van der Waals surface area contributed by atoms with Gasteiger partial charge in [-0.25, -0.2) is 4.98 Å². The number of nitrogens with one attached hydrogen (secondary N) is 2. The van der Waals surface area contributed by atoms with Crippen molar-refractivity contribution >= 4 is 28.9 Å². The normalized spacial score (nSPS) is 13.3. The van der Waals surface area contributed by atoms with Gasteiger partial charge in [0.05, 0.1) is 7.11 Å². The largest absolute Gasteiger partial charge is 0.493 e. The summed E-state index contributed by atoms with van der Waals surface area (Å²) < 4.78 is 11.9. The van der Waals surface area contributed by atoms with E-state index in [0.29, 0.717) is 23.9 Å². The number of amides is 1. The number of hydrogen-bond donors (Lipinski definition) is 2. The fourth-order valence-corrected chi connectivity index (χ4v) is 5.48. The van der Waals surface area contributed by atoms with Crippen molar-refractivity contribution < 1.29 is 14.3 Å². The Morgan fingerprint density at radius 1 is 1.00 bits per heavy atom. The summed E-state index contributed by atoms with van der Waals surface area (Å²) in [7, 11) is 1.58. The van der Waals surface area contributed by atoms with E-state index in [-0.39, 0.29) is 17.4 Å². The molecule has 1 saturated heterocycles. The number of para-hydroxylation sites is 1. The topological polar surface area (TPSA) is 91.9 Å². The fourth-order valence-electron chi connectivity index (χ4n) is 5.48. The van der Waals surface area contributed by atoms with E-state index in [9.17, 15) is 4.79 Å². The molecule has 9 heteroatoms. The molecule has 0 bridgehead atoms. The molecule has 0 atom stereocenters. The first-order chi connectivity index (χ1) is 21.9. The standard InChI is InChI=1S/C36H42N6O3/c1-6-9-27-12-17-31(32(23-27)44-5)45-35-30(34(43)39-33-25(3)10-8-11-26(33)4)24-37-36(40-35)38-28-13-15-29(16-14-28)42-21-19-41(18-7-2)20-22-42/h6,8,10-17,23-24H,1,7,9,18-22H2,2-5H3,(H,39,43)(H,37,38,40). The molecule has 3 aromatic carbocycles.